The second kappa shape index (κ2) is 8.66. The largest absolute Gasteiger partial charge is 0.434 e. The van der Waals surface area contributed by atoms with Crippen LogP contribution in [0.3, 0.4) is 0 Å². The van der Waals surface area contributed by atoms with Crippen LogP contribution in [0.1, 0.15) is 15.9 Å². The van der Waals surface area contributed by atoms with Crippen LogP contribution in [0.4, 0.5) is 8.78 Å². The Balaban J connectivity index is 1.37. The fourth-order valence-corrected chi connectivity index (χ4v) is 3.45. The van der Waals surface area contributed by atoms with E-state index in [1.54, 1.807) is 6.07 Å². The van der Waals surface area contributed by atoms with Crippen molar-refractivity contribution in [3.05, 3.63) is 107 Å². The number of halogens is 2. The number of aromatic nitrogens is 5. The highest BCUT2D eigenvalue weighted by Crippen LogP contribution is 2.27. The number of carbonyl (C=O) groups is 1. The molecular formula is C24H15F2N5O3. The van der Waals surface area contributed by atoms with Gasteiger partial charge in [-0.3, -0.25) is 14.2 Å². The molecule has 0 bridgehead atoms. The normalized spacial score (nSPS) is 11.0. The van der Waals surface area contributed by atoms with Gasteiger partial charge in [0.1, 0.15) is 17.7 Å². The Bertz CT molecular complexity index is 1580. The van der Waals surface area contributed by atoms with Gasteiger partial charge in [-0.1, -0.05) is 6.07 Å². The molecule has 0 saturated carbocycles. The number of hydrogen-bond donors (Lipinski definition) is 1. The van der Waals surface area contributed by atoms with Crippen LogP contribution in [0.5, 0.6) is 11.6 Å². The number of rotatable bonds is 6. The molecule has 0 atom stereocenters. The van der Waals surface area contributed by atoms with E-state index in [1.165, 1.54) is 71.9 Å². The Kier molecular flexibility index (Phi) is 5.38. The predicted octanol–water partition coefficient (Wildman–Crippen LogP) is 4.00. The molecule has 168 valence electrons. The summed E-state index contributed by atoms with van der Waals surface area (Å²) < 4.78 is 34.7. The fraction of sp³-hybridized carbons (Fsp3) is 0.0417. The van der Waals surface area contributed by atoms with Crippen molar-refractivity contribution >= 4 is 16.9 Å². The molecule has 0 aliphatic rings. The Labute approximate surface area is 190 Å². The quantitative estimate of drug-likeness (QED) is 0.385. The summed E-state index contributed by atoms with van der Waals surface area (Å²) in [6, 6.07) is 12.4. The number of pyridine rings is 1. The third-order valence-corrected chi connectivity index (χ3v) is 5.11. The van der Waals surface area contributed by atoms with E-state index in [-0.39, 0.29) is 23.6 Å². The number of fused-ring (bicyclic) bond motifs is 1. The minimum atomic E-state index is -0.701. The van der Waals surface area contributed by atoms with Gasteiger partial charge in [-0.25, -0.2) is 18.7 Å². The summed E-state index contributed by atoms with van der Waals surface area (Å²) in [6.07, 6.45) is 3.97. The van der Waals surface area contributed by atoms with Gasteiger partial charge in [-0.2, -0.15) is 4.98 Å². The molecule has 1 N–H and O–H groups in total. The van der Waals surface area contributed by atoms with Crippen LogP contribution in [0.2, 0.25) is 0 Å². The van der Waals surface area contributed by atoms with Crippen LogP contribution < -0.4 is 10.3 Å². The molecular weight excluding hydrogens is 444 g/mol. The Morgan fingerprint density at radius 2 is 1.85 bits per heavy atom. The van der Waals surface area contributed by atoms with Crippen LogP contribution in [0, 0.1) is 11.6 Å². The number of imidazole rings is 1. The average Bonchev–Trinajstić information content (AvgIpc) is 3.31. The molecule has 3 aromatic heterocycles. The molecule has 0 radical (unpaired) electrons. The first-order valence-electron chi connectivity index (χ1n) is 10.1. The topological polar surface area (TPSA) is 103 Å². The number of carbonyl (C=O) groups excluding carboxylic acids is 1. The first kappa shape index (κ1) is 21.1. The van der Waals surface area contributed by atoms with Crippen LogP contribution in [-0.4, -0.2) is 30.3 Å². The number of nitrogens with zero attached hydrogens (tertiary/aromatic N) is 4. The van der Waals surface area contributed by atoms with Crippen molar-refractivity contribution in [1.82, 2.24) is 24.5 Å². The summed E-state index contributed by atoms with van der Waals surface area (Å²) in [5, 5.41) is 0. The van der Waals surface area contributed by atoms with E-state index in [2.05, 4.69) is 19.9 Å². The molecule has 0 aliphatic heterocycles. The van der Waals surface area contributed by atoms with Gasteiger partial charge in [0.15, 0.2) is 23.0 Å². The minimum Gasteiger partial charge on any atom is -0.434 e. The summed E-state index contributed by atoms with van der Waals surface area (Å²) in [4.78, 5) is 40.4. The van der Waals surface area contributed by atoms with Crippen molar-refractivity contribution in [2.75, 3.05) is 0 Å². The van der Waals surface area contributed by atoms with E-state index < -0.39 is 23.0 Å². The molecule has 5 aromatic rings. The van der Waals surface area contributed by atoms with Gasteiger partial charge in [-0.05, 0) is 54.1 Å². The van der Waals surface area contributed by atoms with Gasteiger partial charge in [0.25, 0.3) is 5.56 Å². The summed E-state index contributed by atoms with van der Waals surface area (Å²) in [5.41, 5.74) is 0.969. The lowest BCUT2D eigenvalue weighted by Gasteiger charge is -2.09. The zero-order valence-electron chi connectivity index (χ0n) is 17.4. The van der Waals surface area contributed by atoms with E-state index >= 15 is 0 Å². The van der Waals surface area contributed by atoms with Crippen LogP contribution >= 0.6 is 0 Å². The standard InChI is InChI=1S/C24H15F2N5O3/c25-15-4-6-16(7-5-15)31-9-1-2-17(24(31)33)19(32)11-14-3-8-20(18(26)10-14)34-23-21-22(28-12-27-21)29-13-30-23/h1-10,12-13H,11H2,(H,27,28,29,30). The van der Waals surface area contributed by atoms with Crippen molar-refractivity contribution in [3.63, 3.8) is 0 Å². The van der Waals surface area contributed by atoms with Crippen molar-refractivity contribution in [1.29, 1.82) is 0 Å². The maximum atomic E-state index is 14.7. The van der Waals surface area contributed by atoms with Gasteiger partial charge in [0, 0.05) is 18.3 Å². The zero-order chi connectivity index (χ0) is 23.7. The third-order valence-electron chi connectivity index (χ3n) is 5.11. The highest BCUT2D eigenvalue weighted by Gasteiger charge is 2.16. The molecule has 0 aliphatic carbocycles. The first-order valence-corrected chi connectivity index (χ1v) is 10.1. The van der Waals surface area contributed by atoms with E-state index in [0.29, 0.717) is 22.4 Å². The lowest BCUT2D eigenvalue weighted by atomic mass is 10.0. The van der Waals surface area contributed by atoms with Gasteiger partial charge in [0.05, 0.1) is 11.9 Å². The highest BCUT2D eigenvalue weighted by molar-refractivity contribution is 5.97. The Morgan fingerprint density at radius 3 is 2.65 bits per heavy atom. The second-order valence-electron chi connectivity index (χ2n) is 7.32. The maximum absolute atomic E-state index is 14.7. The van der Waals surface area contributed by atoms with E-state index in [1.807, 2.05) is 0 Å². The van der Waals surface area contributed by atoms with Crippen molar-refractivity contribution < 1.29 is 18.3 Å². The van der Waals surface area contributed by atoms with Gasteiger partial charge in [-0.15, -0.1) is 0 Å². The second-order valence-corrected chi connectivity index (χ2v) is 7.32. The molecule has 0 saturated heterocycles. The summed E-state index contributed by atoms with van der Waals surface area (Å²) >= 11 is 0. The lowest BCUT2D eigenvalue weighted by Crippen LogP contribution is -2.25. The smallest absolute Gasteiger partial charge is 0.265 e. The third kappa shape index (κ3) is 4.04. The number of nitrogens with one attached hydrogen (secondary N) is 1. The van der Waals surface area contributed by atoms with Crippen molar-refractivity contribution in [2.45, 2.75) is 6.42 Å². The zero-order valence-corrected chi connectivity index (χ0v) is 17.4. The number of ether oxygens (including phenoxy) is 1. The average molecular weight is 459 g/mol. The Hall–Kier alpha value is -4.73. The summed E-state index contributed by atoms with van der Waals surface area (Å²) in [5.74, 6) is -1.61. The number of ketones is 1. The SMILES string of the molecule is O=C(Cc1ccc(Oc2ncnc3nc[nH]c23)c(F)c1)c1cccn(-c2ccc(F)cc2)c1=O. The van der Waals surface area contributed by atoms with Gasteiger partial charge >= 0.3 is 0 Å². The molecule has 0 unspecified atom stereocenters. The molecule has 3 heterocycles. The molecule has 5 rings (SSSR count). The highest BCUT2D eigenvalue weighted by atomic mass is 19.1. The molecule has 0 fully saturated rings. The maximum Gasteiger partial charge on any atom is 0.265 e. The number of Topliss-reactive ketones (excluding diaryl/α,β-unsaturated/α-hetero) is 1. The number of aromatic amines is 1. The summed E-state index contributed by atoms with van der Waals surface area (Å²) in [7, 11) is 0. The van der Waals surface area contributed by atoms with Gasteiger partial charge < -0.3 is 9.72 Å². The monoisotopic (exact) mass is 459 g/mol. The molecule has 34 heavy (non-hydrogen) atoms. The predicted molar refractivity (Wildman–Crippen MR) is 118 cm³/mol. The van der Waals surface area contributed by atoms with Crippen LogP contribution in [-0.2, 0) is 6.42 Å². The summed E-state index contributed by atoms with van der Waals surface area (Å²) in [6.45, 7) is 0. The Morgan fingerprint density at radius 1 is 1.03 bits per heavy atom. The minimum absolute atomic E-state index is 0.0600. The molecule has 2 aromatic carbocycles. The van der Waals surface area contributed by atoms with E-state index in [9.17, 15) is 18.4 Å². The van der Waals surface area contributed by atoms with Crippen LogP contribution in [0.25, 0.3) is 16.9 Å². The van der Waals surface area contributed by atoms with Crippen LogP contribution in [0.15, 0.2) is 78.2 Å². The van der Waals surface area contributed by atoms with E-state index in [4.69, 9.17) is 4.74 Å². The van der Waals surface area contributed by atoms with Crippen molar-refractivity contribution in [3.8, 4) is 17.3 Å². The molecule has 0 amide bonds. The molecule has 0 spiro atoms. The number of benzene rings is 2. The lowest BCUT2D eigenvalue weighted by molar-refractivity contribution is 0.0991. The molecule has 10 heteroatoms. The van der Waals surface area contributed by atoms with Gasteiger partial charge in [0.2, 0.25) is 5.88 Å². The van der Waals surface area contributed by atoms with E-state index in [0.717, 1.165) is 0 Å². The molecule has 8 nitrogen and oxygen atoms in total. The fourth-order valence-electron chi connectivity index (χ4n) is 3.45. The first-order chi connectivity index (χ1) is 16.5. The number of hydrogen-bond acceptors (Lipinski definition) is 6. The number of H-pyrrole nitrogens is 1. The van der Waals surface area contributed by atoms with Crippen molar-refractivity contribution in [2.24, 2.45) is 0 Å².